The first kappa shape index (κ1) is 20.8. The molecule has 0 aliphatic carbocycles. The molecule has 3 aromatic rings. The fraction of sp³-hybridized carbons (Fsp3) is 0.200. The van der Waals surface area contributed by atoms with Gasteiger partial charge < -0.3 is 9.64 Å². The van der Waals surface area contributed by atoms with Crippen LogP contribution in [0.15, 0.2) is 53.9 Å². The van der Waals surface area contributed by atoms with Gasteiger partial charge >= 0.3 is 0 Å². The van der Waals surface area contributed by atoms with Gasteiger partial charge in [-0.15, -0.1) is 11.3 Å². The van der Waals surface area contributed by atoms with Gasteiger partial charge in [-0.2, -0.15) is 0 Å². The van der Waals surface area contributed by atoms with Crippen molar-refractivity contribution in [2.45, 2.75) is 19.6 Å². The SMILES string of the molecule is CC(c1cccc([N+](=O)[O-])c1)N(C)C(=O)c1csc(COc2ccc(Cl)cc2)n1. The highest BCUT2D eigenvalue weighted by Crippen LogP contribution is 2.25. The Morgan fingerprint density at radius 2 is 2.03 bits per heavy atom. The number of nitro groups is 1. The van der Waals surface area contributed by atoms with Gasteiger partial charge in [0.15, 0.2) is 0 Å². The number of amides is 1. The molecule has 0 fully saturated rings. The average Bonchev–Trinajstić information content (AvgIpc) is 3.21. The number of halogens is 1. The summed E-state index contributed by atoms with van der Waals surface area (Å²) in [5, 5.41) is 14.0. The predicted molar refractivity (Wildman–Crippen MR) is 112 cm³/mol. The quantitative estimate of drug-likeness (QED) is 0.383. The maximum Gasteiger partial charge on any atom is 0.273 e. The fourth-order valence-electron chi connectivity index (χ4n) is 2.63. The summed E-state index contributed by atoms with van der Waals surface area (Å²) in [6.07, 6.45) is 0. The van der Waals surface area contributed by atoms with Crippen molar-refractivity contribution in [1.82, 2.24) is 9.88 Å². The molecule has 1 heterocycles. The molecular weight excluding hydrogens is 414 g/mol. The number of ether oxygens (including phenoxy) is 1. The molecule has 0 radical (unpaired) electrons. The number of non-ortho nitro benzene ring substituents is 1. The third kappa shape index (κ3) is 5.10. The highest BCUT2D eigenvalue weighted by Gasteiger charge is 2.22. The van der Waals surface area contributed by atoms with Crippen LogP contribution in [0.4, 0.5) is 5.69 Å². The molecule has 9 heteroatoms. The number of hydrogen-bond donors (Lipinski definition) is 0. The van der Waals surface area contributed by atoms with Crippen molar-refractivity contribution in [3.8, 4) is 5.75 Å². The Bertz CT molecular complexity index is 1020. The second-order valence-electron chi connectivity index (χ2n) is 6.31. The molecule has 0 N–H and O–H groups in total. The lowest BCUT2D eigenvalue weighted by atomic mass is 10.1. The number of rotatable bonds is 7. The molecule has 1 atom stereocenters. The Morgan fingerprint density at radius 1 is 1.31 bits per heavy atom. The lowest BCUT2D eigenvalue weighted by molar-refractivity contribution is -0.384. The maximum atomic E-state index is 12.8. The molecule has 1 amide bonds. The van der Waals surface area contributed by atoms with Crippen LogP contribution in [-0.4, -0.2) is 27.8 Å². The molecule has 29 heavy (non-hydrogen) atoms. The minimum Gasteiger partial charge on any atom is -0.486 e. The van der Waals surface area contributed by atoms with E-state index in [-0.39, 0.29) is 24.2 Å². The molecule has 1 unspecified atom stereocenters. The lowest BCUT2D eigenvalue weighted by Gasteiger charge is -2.24. The fourth-order valence-corrected chi connectivity index (χ4v) is 3.43. The Kier molecular flexibility index (Phi) is 6.46. The van der Waals surface area contributed by atoms with Crippen molar-refractivity contribution in [2.75, 3.05) is 7.05 Å². The van der Waals surface area contributed by atoms with Crippen LogP contribution in [0.5, 0.6) is 5.75 Å². The van der Waals surface area contributed by atoms with E-state index in [0.29, 0.717) is 27.0 Å². The van der Waals surface area contributed by atoms with Crippen LogP contribution >= 0.6 is 22.9 Å². The van der Waals surface area contributed by atoms with E-state index in [0.717, 1.165) is 0 Å². The number of carbonyl (C=O) groups is 1. The van der Waals surface area contributed by atoms with Gasteiger partial charge in [-0.25, -0.2) is 4.98 Å². The molecule has 0 saturated carbocycles. The summed E-state index contributed by atoms with van der Waals surface area (Å²) in [4.78, 5) is 29.2. The van der Waals surface area contributed by atoms with Crippen LogP contribution in [0.1, 0.15) is 34.0 Å². The summed E-state index contributed by atoms with van der Waals surface area (Å²) in [5.41, 5.74) is 0.978. The summed E-state index contributed by atoms with van der Waals surface area (Å²) in [6, 6.07) is 12.9. The first-order chi connectivity index (χ1) is 13.8. The smallest absolute Gasteiger partial charge is 0.273 e. The van der Waals surface area contributed by atoms with Crippen molar-refractivity contribution < 1.29 is 14.5 Å². The molecule has 7 nitrogen and oxygen atoms in total. The average molecular weight is 432 g/mol. The molecule has 0 bridgehead atoms. The van der Waals surface area contributed by atoms with E-state index < -0.39 is 4.92 Å². The van der Waals surface area contributed by atoms with E-state index in [9.17, 15) is 14.9 Å². The third-order valence-electron chi connectivity index (χ3n) is 4.41. The van der Waals surface area contributed by atoms with Gasteiger partial charge in [-0.1, -0.05) is 23.7 Å². The van der Waals surface area contributed by atoms with E-state index >= 15 is 0 Å². The molecule has 0 saturated heterocycles. The van der Waals surface area contributed by atoms with Crippen molar-refractivity contribution in [1.29, 1.82) is 0 Å². The summed E-state index contributed by atoms with van der Waals surface area (Å²) in [7, 11) is 1.65. The minimum absolute atomic E-state index is 0.00880. The van der Waals surface area contributed by atoms with Crippen molar-refractivity contribution in [3.63, 3.8) is 0 Å². The Balaban J connectivity index is 1.66. The molecule has 0 spiro atoms. The van der Waals surface area contributed by atoms with Crippen LogP contribution in [0.3, 0.4) is 0 Å². The number of carbonyl (C=O) groups excluding carboxylic acids is 1. The first-order valence-electron chi connectivity index (χ1n) is 8.69. The van der Waals surface area contributed by atoms with Gasteiger partial charge in [0.25, 0.3) is 11.6 Å². The Morgan fingerprint density at radius 3 is 2.72 bits per heavy atom. The zero-order valence-corrected chi connectivity index (χ0v) is 17.3. The predicted octanol–water partition coefficient (Wildman–Crippen LogP) is 5.12. The van der Waals surface area contributed by atoms with Crippen LogP contribution in [-0.2, 0) is 6.61 Å². The normalized spacial score (nSPS) is 11.7. The van der Waals surface area contributed by atoms with Gasteiger partial charge in [0.1, 0.15) is 23.1 Å². The minimum atomic E-state index is -0.453. The van der Waals surface area contributed by atoms with E-state index in [4.69, 9.17) is 16.3 Å². The second-order valence-corrected chi connectivity index (χ2v) is 7.69. The monoisotopic (exact) mass is 431 g/mol. The van der Waals surface area contributed by atoms with E-state index in [1.54, 1.807) is 48.8 Å². The van der Waals surface area contributed by atoms with Crippen LogP contribution in [0.2, 0.25) is 5.02 Å². The van der Waals surface area contributed by atoms with E-state index in [1.807, 2.05) is 6.92 Å². The molecule has 2 aromatic carbocycles. The summed E-state index contributed by atoms with van der Waals surface area (Å²) >= 11 is 7.18. The molecule has 0 aliphatic rings. The zero-order chi connectivity index (χ0) is 21.0. The Hall–Kier alpha value is -2.97. The molecule has 3 rings (SSSR count). The number of hydrogen-bond acceptors (Lipinski definition) is 6. The van der Waals surface area contributed by atoms with Crippen LogP contribution < -0.4 is 4.74 Å². The summed E-state index contributed by atoms with van der Waals surface area (Å²) in [6.45, 7) is 2.05. The van der Waals surface area contributed by atoms with Crippen molar-refractivity contribution >= 4 is 34.5 Å². The maximum absolute atomic E-state index is 12.8. The molecule has 1 aromatic heterocycles. The van der Waals surface area contributed by atoms with Gasteiger partial charge in [0, 0.05) is 29.6 Å². The first-order valence-corrected chi connectivity index (χ1v) is 9.95. The second kappa shape index (κ2) is 9.02. The van der Waals surface area contributed by atoms with Crippen LogP contribution in [0.25, 0.3) is 0 Å². The largest absolute Gasteiger partial charge is 0.486 e. The Labute approximate surface area is 176 Å². The molecule has 150 valence electrons. The van der Waals surface area contributed by atoms with E-state index in [1.165, 1.54) is 28.4 Å². The molecular formula is C20H18ClN3O4S. The summed E-state index contributed by atoms with van der Waals surface area (Å²) < 4.78 is 5.65. The molecule has 0 aliphatic heterocycles. The zero-order valence-electron chi connectivity index (χ0n) is 15.7. The summed E-state index contributed by atoms with van der Waals surface area (Å²) in [5.74, 6) is 0.395. The number of nitrogens with zero attached hydrogens (tertiary/aromatic N) is 3. The van der Waals surface area contributed by atoms with E-state index in [2.05, 4.69) is 4.98 Å². The number of benzene rings is 2. The number of thiazole rings is 1. The third-order valence-corrected chi connectivity index (χ3v) is 5.49. The van der Waals surface area contributed by atoms with Gasteiger partial charge in [0.2, 0.25) is 0 Å². The highest BCUT2D eigenvalue weighted by molar-refractivity contribution is 7.09. The highest BCUT2D eigenvalue weighted by atomic mass is 35.5. The lowest BCUT2D eigenvalue weighted by Crippen LogP contribution is -2.30. The van der Waals surface area contributed by atoms with Crippen LogP contribution in [0, 0.1) is 10.1 Å². The topological polar surface area (TPSA) is 85.6 Å². The van der Waals surface area contributed by atoms with Gasteiger partial charge in [-0.3, -0.25) is 14.9 Å². The van der Waals surface area contributed by atoms with Crippen molar-refractivity contribution in [3.05, 3.63) is 85.3 Å². The number of nitro benzene ring substituents is 1. The van der Waals surface area contributed by atoms with Gasteiger partial charge in [0.05, 0.1) is 11.0 Å². The number of aromatic nitrogens is 1. The standard InChI is InChI=1S/C20H18ClN3O4S/c1-13(14-4-3-5-16(10-14)24(26)27)23(2)20(25)18-12-29-19(22-18)11-28-17-8-6-15(21)7-9-17/h3-10,12-13H,11H2,1-2H3. The van der Waals surface area contributed by atoms with Gasteiger partial charge in [-0.05, 0) is 36.8 Å². The van der Waals surface area contributed by atoms with Crippen molar-refractivity contribution in [2.24, 2.45) is 0 Å².